The Hall–Kier alpha value is -1.07. The molecule has 1 aliphatic rings. The van der Waals surface area contributed by atoms with Gasteiger partial charge in [-0.05, 0) is 0 Å². The number of piperazine rings is 1. The average Bonchev–Trinajstić information content (AvgIpc) is 2.72. The van der Waals surface area contributed by atoms with Crippen LogP contribution in [-0.4, -0.2) is 59.9 Å². The largest absolute Gasteiger partial charge is 0.324 e. The summed E-state index contributed by atoms with van der Waals surface area (Å²) in [5.41, 5.74) is 0. The Morgan fingerprint density at radius 1 is 1.42 bits per heavy atom. The molecule has 0 amide bonds. The maximum absolute atomic E-state index is 12.4. The number of hydrogen-bond acceptors (Lipinski definition) is 4. The molecule has 0 N–H and O–H groups in total. The van der Waals surface area contributed by atoms with Crippen molar-refractivity contribution in [2.45, 2.75) is 5.03 Å². The van der Waals surface area contributed by atoms with Crippen molar-refractivity contribution in [3.63, 3.8) is 0 Å². The summed E-state index contributed by atoms with van der Waals surface area (Å²) in [6, 6.07) is 0. The second-order valence-corrected chi connectivity index (χ2v) is 6.55. The topological polar surface area (TPSA) is 58.4 Å². The van der Waals surface area contributed by atoms with Crippen LogP contribution in [0.1, 0.15) is 0 Å². The summed E-state index contributed by atoms with van der Waals surface area (Å²) >= 11 is 5.95. The number of sulfonamides is 1. The molecule has 0 spiro atoms. The van der Waals surface area contributed by atoms with Crippen molar-refractivity contribution in [2.75, 3.05) is 32.7 Å². The van der Waals surface area contributed by atoms with Crippen LogP contribution < -0.4 is 0 Å². The first-order valence-corrected chi connectivity index (χ1v) is 7.61. The molecule has 1 aromatic rings. The first-order valence-electron chi connectivity index (χ1n) is 5.79. The summed E-state index contributed by atoms with van der Waals surface area (Å²) in [6.45, 7) is 2.58. The lowest BCUT2D eigenvalue weighted by Gasteiger charge is -2.32. The highest BCUT2D eigenvalue weighted by molar-refractivity contribution is 7.89. The van der Waals surface area contributed by atoms with Crippen molar-refractivity contribution in [1.29, 1.82) is 0 Å². The molecule has 6 nitrogen and oxygen atoms in total. The molecule has 2 heterocycles. The van der Waals surface area contributed by atoms with Gasteiger partial charge in [-0.25, -0.2) is 13.4 Å². The maximum atomic E-state index is 12.4. The molecule has 1 aromatic heterocycles. The Labute approximate surface area is 118 Å². The number of imidazole rings is 1. The van der Waals surface area contributed by atoms with Crippen molar-refractivity contribution in [3.05, 3.63) is 11.5 Å². The summed E-state index contributed by atoms with van der Waals surface area (Å²) in [5, 5.41) is 0.0492. The Balaban J connectivity index is 2.15. The molecule has 0 bridgehead atoms. The summed E-state index contributed by atoms with van der Waals surface area (Å²) in [5.74, 6) is 2.56. The number of aryl methyl sites for hydroxylation is 1. The number of terminal acetylenes is 1. The second-order valence-electron chi connectivity index (χ2n) is 4.34. The first kappa shape index (κ1) is 14.3. The average molecular weight is 303 g/mol. The zero-order valence-electron chi connectivity index (χ0n) is 10.6. The number of halogens is 1. The molecule has 104 valence electrons. The van der Waals surface area contributed by atoms with Crippen molar-refractivity contribution in [1.82, 2.24) is 18.8 Å². The zero-order valence-corrected chi connectivity index (χ0v) is 12.2. The lowest BCUT2D eigenvalue weighted by molar-refractivity contribution is 0.206. The molecule has 0 aromatic carbocycles. The van der Waals surface area contributed by atoms with Gasteiger partial charge in [0.1, 0.15) is 5.15 Å². The maximum Gasteiger partial charge on any atom is 0.263 e. The number of nitrogens with zero attached hydrogens (tertiary/aromatic N) is 4. The molecule has 0 atom stereocenters. The van der Waals surface area contributed by atoms with Gasteiger partial charge in [-0.3, -0.25) is 4.90 Å². The predicted molar refractivity (Wildman–Crippen MR) is 72.2 cm³/mol. The van der Waals surface area contributed by atoms with Gasteiger partial charge in [0.2, 0.25) is 5.03 Å². The number of rotatable bonds is 3. The van der Waals surface area contributed by atoms with Crippen LogP contribution in [0.3, 0.4) is 0 Å². The molecule has 1 fully saturated rings. The van der Waals surface area contributed by atoms with Gasteiger partial charge in [-0.2, -0.15) is 4.31 Å². The minimum atomic E-state index is -3.62. The highest BCUT2D eigenvalue weighted by Gasteiger charge is 2.32. The smallest absolute Gasteiger partial charge is 0.263 e. The van der Waals surface area contributed by atoms with Crippen LogP contribution in [-0.2, 0) is 17.1 Å². The number of aromatic nitrogens is 2. The minimum absolute atomic E-state index is 0.0814. The van der Waals surface area contributed by atoms with Crippen molar-refractivity contribution >= 4 is 21.6 Å². The third kappa shape index (κ3) is 2.77. The van der Waals surface area contributed by atoms with Gasteiger partial charge < -0.3 is 4.57 Å². The van der Waals surface area contributed by atoms with E-state index in [0.29, 0.717) is 32.7 Å². The van der Waals surface area contributed by atoms with E-state index in [9.17, 15) is 8.42 Å². The summed E-state index contributed by atoms with van der Waals surface area (Å²) in [7, 11) is -1.97. The summed E-state index contributed by atoms with van der Waals surface area (Å²) in [4.78, 5) is 5.91. The van der Waals surface area contributed by atoms with Crippen LogP contribution >= 0.6 is 11.6 Å². The molecule has 1 aliphatic heterocycles. The molecular weight excluding hydrogens is 288 g/mol. The molecular formula is C11H15ClN4O2S. The molecule has 8 heteroatoms. The van der Waals surface area contributed by atoms with Crippen molar-refractivity contribution in [3.8, 4) is 12.3 Å². The van der Waals surface area contributed by atoms with E-state index in [1.807, 2.05) is 4.90 Å². The molecule has 0 radical (unpaired) electrons. The Morgan fingerprint density at radius 2 is 2.05 bits per heavy atom. The third-order valence-electron chi connectivity index (χ3n) is 3.06. The second kappa shape index (κ2) is 5.51. The van der Waals surface area contributed by atoms with Gasteiger partial charge in [-0.15, -0.1) is 6.42 Å². The monoisotopic (exact) mass is 302 g/mol. The molecule has 2 rings (SSSR count). The van der Waals surface area contributed by atoms with E-state index in [0.717, 1.165) is 0 Å². The SMILES string of the molecule is C#CCN1CCN(S(=O)(=O)c2ncn(C)c2Cl)CC1. The highest BCUT2D eigenvalue weighted by Crippen LogP contribution is 2.23. The quantitative estimate of drug-likeness (QED) is 0.738. The van der Waals surface area contributed by atoms with E-state index in [2.05, 4.69) is 10.9 Å². The van der Waals surface area contributed by atoms with Crippen molar-refractivity contribution < 1.29 is 8.42 Å². The van der Waals surface area contributed by atoms with Crippen molar-refractivity contribution in [2.24, 2.45) is 7.05 Å². The Bertz CT molecular complexity index is 597. The number of hydrogen-bond donors (Lipinski definition) is 0. The van der Waals surface area contributed by atoms with E-state index in [1.54, 1.807) is 7.05 Å². The van der Waals surface area contributed by atoms with Gasteiger partial charge in [0.15, 0.2) is 0 Å². The Kier molecular flexibility index (Phi) is 4.16. The molecule has 0 saturated carbocycles. The van der Waals surface area contributed by atoms with Gasteiger partial charge in [0.25, 0.3) is 10.0 Å². The Morgan fingerprint density at radius 3 is 2.53 bits per heavy atom. The van der Waals surface area contributed by atoms with Crippen LogP contribution in [0.25, 0.3) is 0 Å². The third-order valence-corrected chi connectivity index (χ3v) is 5.45. The van der Waals surface area contributed by atoms with Gasteiger partial charge in [0.05, 0.1) is 12.9 Å². The normalized spacial score (nSPS) is 18.4. The lowest BCUT2D eigenvalue weighted by atomic mass is 10.4. The van der Waals surface area contributed by atoms with Crippen LogP contribution in [0.2, 0.25) is 5.15 Å². The molecule has 1 saturated heterocycles. The van der Waals surface area contributed by atoms with Gasteiger partial charge >= 0.3 is 0 Å². The van der Waals surface area contributed by atoms with E-state index < -0.39 is 10.0 Å². The summed E-state index contributed by atoms with van der Waals surface area (Å²) < 4.78 is 27.7. The zero-order chi connectivity index (χ0) is 14.0. The first-order chi connectivity index (χ1) is 8.96. The van der Waals surface area contributed by atoms with Crippen LogP contribution in [0.5, 0.6) is 0 Å². The van der Waals surface area contributed by atoms with E-state index in [1.165, 1.54) is 15.2 Å². The minimum Gasteiger partial charge on any atom is -0.324 e. The van der Waals surface area contributed by atoms with Crippen LogP contribution in [0, 0.1) is 12.3 Å². The predicted octanol–water partition coefficient (Wildman–Crippen LogP) is 0.0130. The fourth-order valence-corrected chi connectivity index (χ4v) is 3.76. The standard InChI is InChI=1S/C11H15ClN4O2S/c1-3-4-15-5-7-16(8-6-15)19(17,18)11-10(12)14(2)9-13-11/h1,9H,4-8H2,2H3. The molecule has 0 unspecified atom stereocenters. The van der Waals surface area contributed by atoms with Crippen LogP contribution in [0.15, 0.2) is 11.4 Å². The lowest BCUT2D eigenvalue weighted by Crippen LogP contribution is -2.48. The van der Waals surface area contributed by atoms with E-state index in [4.69, 9.17) is 18.0 Å². The van der Waals surface area contributed by atoms with Crippen LogP contribution in [0.4, 0.5) is 0 Å². The molecule has 0 aliphatic carbocycles. The summed E-state index contributed by atoms with van der Waals surface area (Å²) in [6.07, 6.45) is 6.63. The fraction of sp³-hybridized carbons (Fsp3) is 0.545. The highest BCUT2D eigenvalue weighted by atomic mass is 35.5. The van der Waals surface area contributed by atoms with E-state index >= 15 is 0 Å². The fourth-order valence-electron chi connectivity index (χ4n) is 1.95. The van der Waals surface area contributed by atoms with Gasteiger partial charge in [0, 0.05) is 33.2 Å². The van der Waals surface area contributed by atoms with Gasteiger partial charge in [-0.1, -0.05) is 17.5 Å². The van der Waals surface area contributed by atoms with E-state index in [-0.39, 0.29) is 10.2 Å². The molecule has 19 heavy (non-hydrogen) atoms.